The lowest BCUT2D eigenvalue weighted by molar-refractivity contribution is -0.117. The van der Waals surface area contributed by atoms with Gasteiger partial charge in [0.25, 0.3) is 0 Å². The van der Waals surface area contributed by atoms with Crippen molar-refractivity contribution in [3.05, 3.63) is 60.2 Å². The minimum atomic E-state index is -3.45. The molecule has 0 aliphatic heterocycles. The molecule has 2 rings (SSSR count). The molecule has 0 unspecified atom stereocenters. The first-order valence-corrected chi connectivity index (χ1v) is 11.1. The Morgan fingerprint density at radius 2 is 1.55 bits per heavy atom. The van der Waals surface area contributed by atoms with Gasteiger partial charge in [0.05, 0.1) is 23.9 Å². The van der Waals surface area contributed by atoms with Crippen molar-refractivity contribution in [1.29, 1.82) is 0 Å². The van der Waals surface area contributed by atoms with Gasteiger partial charge in [-0.05, 0) is 37.6 Å². The van der Waals surface area contributed by atoms with Gasteiger partial charge < -0.3 is 14.3 Å². The summed E-state index contributed by atoms with van der Waals surface area (Å²) in [4.78, 5) is 23.1. The molecule has 156 valence electrons. The van der Waals surface area contributed by atoms with E-state index in [0.717, 1.165) is 0 Å². The maximum atomic E-state index is 12.3. The monoisotopic (exact) mass is 418 g/mol. The second kappa shape index (κ2) is 11.5. The van der Waals surface area contributed by atoms with Gasteiger partial charge in [-0.1, -0.05) is 30.3 Å². The zero-order valence-electron chi connectivity index (χ0n) is 16.5. The lowest BCUT2D eigenvalue weighted by Crippen LogP contribution is -2.13. The van der Waals surface area contributed by atoms with E-state index in [0.29, 0.717) is 30.8 Å². The van der Waals surface area contributed by atoms with E-state index in [-0.39, 0.29) is 41.8 Å². The van der Waals surface area contributed by atoms with Crippen LogP contribution in [0.4, 0.5) is 0 Å². The van der Waals surface area contributed by atoms with Crippen molar-refractivity contribution in [1.82, 2.24) is 0 Å². The number of hydrogen-bond donors (Lipinski definition) is 0. The second-order valence-corrected chi connectivity index (χ2v) is 8.71. The molecular formula is C22H26O6S. The minimum absolute atomic E-state index is 0.00639. The van der Waals surface area contributed by atoms with Crippen LogP contribution in [0.2, 0.25) is 0 Å². The molecule has 0 radical (unpaired) electrons. The molecule has 0 atom stereocenters. The van der Waals surface area contributed by atoms with Crippen molar-refractivity contribution in [3.8, 4) is 5.75 Å². The molecule has 7 heteroatoms. The molecule has 2 aromatic rings. The van der Waals surface area contributed by atoms with E-state index in [2.05, 4.69) is 0 Å². The molecule has 0 aliphatic rings. The molecule has 2 aromatic carbocycles. The number of Topliss-reactive ketones (excluding diaryl/α,β-unsaturated/α-hetero) is 2. The van der Waals surface area contributed by atoms with Gasteiger partial charge in [0.2, 0.25) is 0 Å². The number of hydrogen-bond acceptors (Lipinski definition) is 6. The molecule has 0 fully saturated rings. The Hall–Kier alpha value is -2.51. The third kappa shape index (κ3) is 8.17. The summed E-state index contributed by atoms with van der Waals surface area (Å²) in [5.74, 6) is 0.463. The van der Waals surface area contributed by atoms with Crippen molar-refractivity contribution in [2.24, 2.45) is 0 Å². The van der Waals surface area contributed by atoms with Gasteiger partial charge in [0.1, 0.15) is 11.5 Å². The van der Waals surface area contributed by atoms with Crippen molar-refractivity contribution in [3.63, 3.8) is 0 Å². The maximum Gasteiger partial charge on any atom is 0.180 e. The fraction of sp³-hybridized carbons (Fsp3) is 0.364. The van der Waals surface area contributed by atoms with Crippen LogP contribution in [0.5, 0.6) is 5.75 Å². The molecule has 6 nitrogen and oxygen atoms in total. The largest absolute Gasteiger partial charge is 0.493 e. The standard InChI is InChI=1S/C22H26O6S/c1-18(23)6-5-14-27-16-17-29(25,26)21-11-9-20(10-12-21)28-15-13-22(24)19-7-3-2-4-8-19/h2-4,7-12H,5-6,13-17H2,1H3. The van der Waals surface area contributed by atoms with E-state index in [1.807, 2.05) is 18.2 Å². The topological polar surface area (TPSA) is 86.7 Å². The number of sulfone groups is 1. The molecule has 0 aliphatic carbocycles. The molecular weight excluding hydrogens is 392 g/mol. The van der Waals surface area contributed by atoms with Gasteiger partial charge in [-0.15, -0.1) is 0 Å². The quantitative estimate of drug-likeness (QED) is 0.366. The van der Waals surface area contributed by atoms with Crippen LogP contribution in [0, 0.1) is 0 Å². The molecule has 0 saturated carbocycles. The summed E-state index contributed by atoms with van der Waals surface area (Å²) >= 11 is 0. The first-order valence-electron chi connectivity index (χ1n) is 9.49. The summed E-state index contributed by atoms with van der Waals surface area (Å²) in [6, 6.07) is 15.1. The van der Waals surface area contributed by atoms with E-state index in [4.69, 9.17) is 9.47 Å². The molecule has 0 N–H and O–H groups in total. The average Bonchev–Trinajstić information content (AvgIpc) is 2.71. The summed E-state index contributed by atoms with van der Waals surface area (Å²) in [6.45, 7) is 2.18. The van der Waals surface area contributed by atoms with Crippen LogP contribution in [0.3, 0.4) is 0 Å². The highest BCUT2D eigenvalue weighted by molar-refractivity contribution is 7.91. The predicted octanol–water partition coefficient (Wildman–Crippen LogP) is 3.50. The van der Waals surface area contributed by atoms with E-state index >= 15 is 0 Å². The molecule has 0 spiro atoms. The Labute approximate surface area is 171 Å². The summed E-state index contributed by atoms with van der Waals surface area (Å²) in [7, 11) is -3.45. The Kier molecular flexibility index (Phi) is 9.02. The minimum Gasteiger partial charge on any atom is -0.493 e. The molecule has 0 heterocycles. The SMILES string of the molecule is CC(=O)CCCOCCS(=O)(=O)c1ccc(OCCC(=O)c2ccccc2)cc1. The fourth-order valence-electron chi connectivity index (χ4n) is 2.58. The maximum absolute atomic E-state index is 12.3. The van der Waals surface area contributed by atoms with Gasteiger partial charge in [-0.25, -0.2) is 8.42 Å². The van der Waals surface area contributed by atoms with Crippen LogP contribution >= 0.6 is 0 Å². The Morgan fingerprint density at radius 3 is 2.21 bits per heavy atom. The van der Waals surface area contributed by atoms with Gasteiger partial charge in [0.15, 0.2) is 15.6 Å². The second-order valence-electron chi connectivity index (χ2n) is 6.60. The van der Waals surface area contributed by atoms with Gasteiger partial charge in [-0.2, -0.15) is 0 Å². The first kappa shape index (κ1) is 22.8. The first-order chi connectivity index (χ1) is 13.9. The van der Waals surface area contributed by atoms with Crippen LogP contribution < -0.4 is 4.74 Å². The molecule has 0 amide bonds. The van der Waals surface area contributed by atoms with Gasteiger partial charge >= 0.3 is 0 Å². The lowest BCUT2D eigenvalue weighted by Gasteiger charge is -2.08. The number of benzene rings is 2. The number of rotatable bonds is 13. The van der Waals surface area contributed by atoms with Crippen LogP contribution in [-0.4, -0.2) is 45.6 Å². The summed E-state index contributed by atoms with van der Waals surface area (Å²) in [6.07, 6.45) is 1.27. The third-order valence-corrected chi connectivity index (χ3v) is 5.88. The number of ketones is 2. The van der Waals surface area contributed by atoms with E-state index < -0.39 is 9.84 Å². The summed E-state index contributed by atoms with van der Waals surface area (Å²) in [5, 5.41) is 0. The van der Waals surface area contributed by atoms with Crippen LogP contribution in [0.25, 0.3) is 0 Å². The normalized spacial score (nSPS) is 11.2. The van der Waals surface area contributed by atoms with Crippen LogP contribution in [0.1, 0.15) is 36.5 Å². The smallest absolute Gasteiger partial charge is 0.180 e. The van der Waals surface area contributed by atoms with E-state index in [9.17, 15) is 18.0 Å². The number of ether oxygens (including phenoxy) is 2. The molecule has 0 saturated heterocycles. The highest BCUT2D eigenvalue weighted by atomic mass is 32.2. The lowest BCUT2D eigenvalue weighted by atomic mass is 10.1. The van der Waals surface area contributed by atoms with E-state index in [1.54, 1.807) is 24.3 Å². The van der Waals surface area contributed by atoms with E-state index in [1.165, 1.54) is 19.1 Å². The average molecular weight is 419 g/mol. The van der Waals surface area contributed by atoms with Crippen molar-refractivity contribution in [2.75, 3.05) is 25.6 Å². The molecule has 0 bridgehead atoms. The zero-order chi connectivity index (χ0) is 21.1. The molecule has 0 aromatic heterocycles. The van der Waals surface area contributed by atoms with Gasteiger partial charge in [-0.3, -0.25) is 4.79 Å². The van der Waals surface area contributed by atoms with Crippen LogP contribution in [-0.2, 0) is 19.4 Å². The Morgan fingerprint density at radius 1 is 0.862 bits per heavy atom. The van der Waals surface area contributed by atoms with Crippen molar-refractivity contribution in [2.45, 2.75) is 31.1 Å². The summed E-state index contributed by atoms with van der Waals surface area (Å²) < 4.78 is 35.5. The predicted molar refractivity (Wildman–Crippen MR) is 110 cm³/mol. The fourth-order valence-corrected chi connectivity index (χ4v) is 3.71. The zero-order valence-corrected chi connectivity index (χ0v) is 17.3. The highest BCUT2D eigenvalue weighted by Gasteiger charge is 2.14. The third-order valence-electron chi connectivity index (χ3n) is 4.19. The Balaban J connectivity index is 1.75. The van der Waals surface area contributed by atoms with Gasteiger partial charge in [0, 0.05) is 25.0 Å². The van der Waals surface area contributed by atoms with Crippen molar-refractivity contribution < 1.29 is 27.5 Å². The number of carbonyl (C=O) groups excluding carboxylic acids is 2. The molecule has 29 heavy (non-hydrogen) atoms. The number of carbonyl (C=O) groups is 2. The van der Waals surface area contributed by atoms with Crippen molar-refractivity contribution >= 4 is 21.4 Å². The summed E-state index contributed by atoms with van der Waals surface area (Å²) in [5.41, 5.74) is 0.640. The highest BCUT2D eigenvalue weighted by Crippen LogP contribution is 2.17. The van der Waals surface area contributed by atoms with Crippen LogP contribution in [0.15, 0.2) is 59.5 Å². The Bertz CT molecular complexity index is 889.